The highest BCUT2D eigenvalue weighted by Crippen LogP contribution is 2.27. The highest BCUT2D eigenvalue weighted by Gasteiger charge is 2.16. The molecule has 1 aromatic carbocycles. The molecule has 0 unspecified atom stereocenters. The van der Waals surface area contributed by atoms with Crippen LogP contribution in [-0.2, 0) is 0 Å². The van der Waals surface area contributed by atoms with Gasteiger partial charge in [0.25, 0.3) is 5.69 Å². The average Bonchev–Trinajstić information content (AvgIpc) is 2.27. The maximum absolute atomic E-state index is 10.9. The summed E-state index contributed by atoms with van der Waals surface area (Å²) < 4.78 is 0. The summed E-state index contributed by atoms with van der Waals surface area (Å²) >= 11 is 0. The van der Waals surface area contributed by atoms with Crippen molar-refractivity contribution in [2.75, 3.05) is 0 Å². The Morgan fingerprint density at radius 1 is 1.31 bits per heavy atom. The van der Waals surface area contributed by atoms with E-state index in [0.717, 1.165) is 0 Å². The number of pyridine rings is 1. The van der Waals surface area contributed by atoms with Gasteiger partial charge in [0.15, 0.2) is 6.29 Å². The molecular formula is C11H8N2O3. The number of carbonyl (C=O) groups is 1. The molecule has 1 aromatic heterocycles. The molecule has 0 aliphatic heterocycles. The number of aromatic nitrogens is 1. The molecule has 2 rings (SSSR count). The molecular weight excluding hydrogens is 208 g/mol. The van der Waals surface area contributed by atoms with Crippen molar-refractivity contribution in [1.82, 2.24) is 4.98 Å². The second kappa shape index (κ2) is 3.69. The van der Waals surface area contributed by atoms with Crippen LogP contribution < -0.4 is 0 Å². The summed E-state index contributed by atoms with van der Waals surface area (Å²) in [4.78, 5) is 25.0. The molecule has 0 N–H and O–H groups in total. The first-order chi connectivity index (χ1) is 7.63. The van der Waals surface area contributed by atoms with E-state index in [4.69, 9.17) is 0 Å². The average molecular weight is 216 g/mol. The van der Waals surface area contributed by atoms with Gasteiger partial charge in [-0.15, -0.1) is 0 Å². The summed E-state index contributed by atoms with van der Waals surface area (Å²) in [6, 6.07) is 6.61. The molecule has 0 saturated carbocycles. The lowest BCUT2D eigenvalue weighted by atomic mass is 10.1. The number of hydrogen-bond acceptors (Lipinski definition) is 4. The van der Waals surface area contributed by atoms with Gasteiger partial charge in [-0.05, 0) is 13.0 Å². The van der Waals surface area contributed by atoms with Gasteiger partial charge in [0.05, 0.1) is 4.92 Å². The molecule has 0 bridgehead atoms. The number of nitro benzene ring substituents is 1. The number of carbonyl (C=O) groups excluding carboxylic acids is 1. The Kier molecular flexibility index (Phi) is 2.36. The van der Waals surface area contributed by atoms with Crippen molar-refractivity contribution in [3.63, 3.8) is 0 Å². The van der Waals surface area contributed by atoms with Crippen LogP contribution in [0.25, 0.3) is 10.9 Å². The summed E-state index contributed by atoms with van der Waals surface area (Å²) in [6.45, 7) is 1.65. The Hall–Kier alpha value is -2.30. The summed E-state index contributed by atoms with van der Waals surface area (Å²) in [6.07, 6.45) is 0.575. The number of benzene rings is 1. The van der Waals surface area contributed by atoms with Crippen LogP contribution in [0.3, 0.4) is 0 Å². The van der Waals surface area contributed by atoms with Gasteiger partial charge in [0.2, 0.25) is 0 Å². The zero-order valence-corrected chi connectivity index (χ0v) is 8.51. The maximum atomic E-state index is 10.9. The minimum Gasteiger partial charge on any atom is -0.296 e. The fraction of sp³-hybridized carbons (Fsp3) is 0.0909. The molecule has 80 valence electrons. The topological polar surface area (TPSA) is 73.1 Å². The number of aryl methyl sites for hydroxylation is 1. The van der Waals surface area contributed by atoms with E-state index in [2.05, 4.69) is 4.98 Å². The third-order valence-electron chi connectivity index (χ3n) is 2.36. The maximum Gasteiger partial charge on any atom is 0.298 e. The second-order valence-corrected chi connectivity index (χ2v) is 3.41. The molecule has 0 atom stereocenters. The van der Waals surface area contributed by atoms with Crippen LogP contribution in [0.1, 0.15) is 16.1 Å². The monoisotopic (exact) mass is 216 g/mol. The molecule has 0 aliphatic carbocycles. The Labute approximate surface area is 90.9 Å². The van der Waals surface area contributed by atoms with Crippen molar-refractivity contribution in [2.45, 2.75) is 6.92 Å². The second-order valence-electron chi connectivity index (χ2n) is 3.41. The zero-order valence-electron chi connectivity index (χ0n) is 8.51. The van der Waals surface area contributed by atoms with E-state index in [1.54, 1.807) is 25.1 Å². The van der Waals surface area contributed by atoms with Crippen molar-refractivity contribution in [3.05, 3.63) is 45.6 Å². The molecule has 1 heterocycles. The highest BCUT2D eigenvalue weighted by atomic mass is 16.6. The molecule has 5 nitrogen and oxygen atoms in total. The van der Waals surface area contributed by atoms with Gasteiger partial charge in [0.1, 0.15) is 11.2 Å². The Morgan fingerprint density at radius 3 is 2.62 bits per heavy atom. The smallest absolute Gasteiger partial charge is 0.296 e. The lowest BCUT2D eigenvalue weighted by molar-refractivity contribution is -0.383. The van der Waals surface area contributed by atoms with Crippen LogP contribution >= 0.6 is 0 Å². The van der Waals surface area contributed by atoms with E-state index in [1.807, 2.05) is 0 Å². The number of hydrogen-bond donors (Lipinski definition) is 0. The highest BCUT2D eigenvalue weighted by molar-refractivity contribution is 5.90. The molecule has 0 fully saturated rings. The van der Waals surface area contributed by atoms with Gasteiger partial charge in [-0.3, -0.25) is 14.9 Å². The first-order valence-electron chi connectivity index (χ1n) is 4.63. The standard InChI is InChI=1S/C11H8N2O3/c1-7-2-3-8-4-5-9(6-14)12-10(8)11(7)13(15)16/h2-6H,1H3. The van der Waals surface area contributed by atoms with Crippen LogP contribution in [0.15, 0.2) is 24.3 Å². The van der Waals surface area contributed by atoms with Crippen molar-refractivity contribution in [2.24, 2.45) is 0 Å². The summed E-state index contributed by atoms with van der Waals surface area (Å²) in [5, 5.41) is 11.6. The van der Waals surface area contributed by atoms with Crippen LogP contribution in [0.4, 0.5) is 5.69 Å². The first kappa shape index (κ1) is 10.2. The van der Waals surface area contributed by atoms with Gasteiger partial charge < -0.3 is 0 Å². The van der Waals surface area contributed by atoms with Crippen LogP contribution in [0.2, 0.25) is 0 Å². The number of nitro groups is 1. The molecule has 0 amide bonds. The number of rotatable bonds is 2. The predicted molar refractivity (Wildman–Crippen MR) is 58.5 cm³/mol. The Morgan fingerprint density at radius 2 is 2.00 bits per heavy atom. The number of aldehydes is 1. The SMILES string of the molecule is Cc1ccc2ccc(C=O)nc2c1[N+](=O)[O-]. The van der Waals surface area contributed by atoms with E-state index >= 15 is 0 Å². The predicted octanol–water partition coefficient (Wildman–Crippen LogP) is 2.26. The summed E-state index contributed by atoms with van der Waals surface area (Å²) in [5.74, 6) is 0. The molecule has 5 heteroatoms. The van der Waals surface area contributed by atoms with E-state index in [9.17, 15) is 14.9 Å². The number of fused-ring (bicyclic) bond motifs is 1. The van der Waals surface area contributed by atoms with Crippen LogP contribution in [-0.4, -0.2) is 16.2 Å². The number of nitrogens with zero attached hydrogens (tertiary/aromatic N) is 2. The van der Waals surface area contributed by atoms with Crippen molar-refractivity contribution < 1.29 is 9.72 Å². The molecule has 0 spiro atoms. The molecule has 2 aromatic rings. The first-order valence-corrected chi connectivity index (χ1v) is 4.63. The molecule has 0 saturated heterocycles. The largest absolute Gasteiger partial charge is 0.298 e. The fourth-order valence-corrected chi connectivity index (χ4v) is 1.59. The Bertz CT molecular complexity index is 593. The van der Waals surface area contributed by atoms with Crippen LogP contribution in [0.5, 0.6) is 0 Å². The minimum atomic E-state index is -0.473. The van der Waals surface area contributed by atoms with E-state index in [1.165, 1.54) is 6.07 Å². The van der Waals surface area contributed by atoms with E-state index < -0.39 is 4.92 Å². The van der Waals surface area contributed by atoms with Crippen molar-refractivity contribution in [1.29, 1.82) is 0 Å². The third-order valence-corrected chi connectivity index (χ3v) is 2.36. The normalized spacial score (nSPS) is 10.3. The third kappa shape index (κ3) is 1.52. The van der Waals surface area contributed by atoms with Crippen molar-refractivity contribution >= 4 is 22.9 Å². The molecule has 0 radical (unpaired) electrons. The summed E-state index contributed by atoms with van der Waals surface area (Å²) in [5.41, 5.74) is 0.949. The quantitative estimate of drug-likeness (QED) is 0.438. The molecule has 16 heavy (non-hydrogen) atoms. The van der Waals surface area contributed by atoms with Gasteiger partial charge in [-0.1, -0.05) is 18.2 Å². The van der Waals surface area contributed by atoms with Gasteiger partial charge >= 0.3 is 0 Å². The van der Waals surface area contributed by atoms with E-state index in [0.29, 0.717) is 17.2 Å². The van der Waals surface area contributed by atoms with Crippen LogP contribution in [0, 0.1) is 17.0 Å². The lowest BCUT2D eigenvalue weighted by Gasteiger charge is -2.02. The van der Waals surface area contributed by atoms with Gasteiger partial charge in [0, 0.05) is 10.9 Å². The zero-order chi connectivity index (χ0) is 11.7. The molecule has 0 aliphatic rings. The van der Waals surface area contributed by atoms with Crippen molar-refractivity contribution in [3.8, 4) is 0 Å². The lowest BCUT2D eigenvalue weighted by Crippen LogP contribution is -1.96. The van der Waals surface area contributed by atoms with Gasteiger partial charge in [-0.2, -0.15) is 0 Å². The Balaban J connectivity index is 2.88. The fourth-order valence-electron chi connectivity index (χ4n) is 1.59. The summed E-state index contributed by atoms with van der Waals surface area (Å²) in [7, 11) is 0. The van der Waals surface area contributed by atoms with Gasteiger partial charge in [-0.25, -0.2) is 4.98 Å². The van der Waals surface area contributed by atoms with E-state index in [-0.39, 0.29) is 16.9 Å². The minimum absolute atomic E-state index is 0.0406.